The van der Waals surface area contributed by atoms with Crippen molar-refractivity contribution in [3.05, 3.63) is 54.7 Å². The number of nitrogens with zero attached hydrogens (tertiary/aromatic N) is 2. The van der Waals surface area contributed by atoms with Gasteiger partial charge in [0.15, 0.2) is 0 Å². The van der Waals surface area contributed by atoms with E-state index in [1.807, 2.05) is 24.3 Å². The largest absolute Gasteiger partial charge is 0.497 e. The Morgan fingerprint density at radius 2 is 1.77 bits per heavy atom. The molecule has 1 heterocycles. The highest BCUT2D eigenvalue weighted by atomic mass is 32.2. The Bertz CT molecular complexity index is 1100. The summed E-state index contributed by atoms with van der Waals surface area (Å²) in [5, 5.41) is 9.84. The number of rotatable bonds is 4. The van der Waals surface area contributed by atoms with Crippen LogP contribution in [-0.4, -0.2) is 25.3 Å². The average molecular weight is 367 g/mol. The van der Waals surface area contributed by atoms with E-state index in [0.29, 0.717) is 11.3 Å². The molecule has 132 valence electrons. The first-order chi connectivity index (χ1) is 12.4. The smallest absolute Gasteiger partial charge is 0.238 e. The van der Waals surface area contributed by atoms with Gasteiger partial charge in [0.25, 0.3) is 0 Å². The molecule has 0 saturated heterocycles. The van der Waals surface area contributed by atoms with Crippen molar-refractivity contribution in [3.8, 4) is 40.1 Å². The minimum Gasteiger partial charge on any atom is -0.497 e. The molecule has 2 aromatic carbocycles. The van der Waals surface area contributed by atoms with E-state index in [9.17, 15) is 8.42 Å². The van der Waals surface area contributed by atoms with Crippen LogP contribution in [0.2, 0.25) is 0 Å². The third-order valence-electron chi connectivity index (χ3n) is 3.79. The summed E-state index contributed by atoms with van der Waals surface area (Å²) in [4.78, 5) is 0.0180. The van der Waals surface area contributed by atoms with E-state index in [1.165, 1.54) is 10.7 Å². The Kier molecular flexibility index (Phi) is 4.80. The van der Waals surface area contributed by atoms with Crippen molar-refractivity contribution >= 4 is 10.0 Å². The number of aromatic nitrogens is 2. The van der Waals surface area contributed by atoms with Gasteiger partial charge >= 0.3 is 0 Å². The molecule has 0 atom stereocenters. The minimum absolute atomic E-state index is 0.0180. The van der Waals surface area contributed by atoms with E-state index < -0.39 is 10.0 Å². The van der Waals surface area contributed by atoms with Crippen LogP contribution in [0.25, 0.3) is 22.4 Å². The summed E-state index contributed by atoms with van der Waals surface area (Å²) in [6.45, 7) is 1.70. The number of sulfonamides is 1. The predicted molar refractivity (Wildman–Crippen MR) is 99.9 cm³/mol. The molecule has 0 aliphatic carbocycles. The van der Waals surface area contributed by atoms with Crippen LogP contribution >= 0.6 is 0 Å². The van der Waals surface area contributed by atoms with Crippen LogP contribution in [0, 0.1) is 12.0 Å². The standard InChI is InChI=1S/C19H17N3O3S/c1-3-12-22-13-17(14-8-10-15(25-2)11-9-14)19(21-22)16-6-4-5-7-18(16)26(20,23)24/h4-11,13H,1-2H3,(H2,20,23,24). The summed E-state index contributed by atoms with van der Waals surface area (Å²) >= 11 is 0. The quantitative estimate of drug-likeness (QED) is 0.718. The summed E-state index contributed by atoms with van der Waals surface area (Å²) in [6, 6.07) is 16.8. The fourth-order valence-electron chi connectivity index (χ4n) is 2.64. The molecule has 0 aliphatic heterocycles. The zero-order valence-corrected chi connectivity index (χ0v) is 15.1. The number of ether oxygens (including phenoxy) is 1. The first-order valence-electron chi connectivity index (χ1n) is 7.73. The summed E-state index contributed by atoms with van der Waals surface area (Å²) in [5.41, 5.74) is 2.51. The van der Waals surface area contributed by atoms with E-state index in [4.69, 9.17) is 9.88 Å². The molecule has 26 heavy (non-hydrogen) atoms. The molecule has 0 saturated carbocycles. The second kappa shape index (κ2) is 7.04. The first kappa shape index (κ1) is 17.7. The van der Waals surface area contributed by atoms with Crippen LogP contribution in [-0.2, 0) is 10.0 Å². The Balaban J connectivity index is 2.26. The highest BCUT2D eigenvalue weighted by molar-refractivity contribution is 7.89. The zero-order chi connectivity index (χ0) is 18.7. The number of methoxy groups -OCH3 is 1. The summed E-state index contributed by atoms with van der Waals surface area (Å²) in [6.07, 6.45) is 1.76. The molecule has 1 aromatic heterocycles. The number of benzene rings is 2. The molecule has 0 fully saturated rings. The molecule has 0 radical (unpaired) electrons. The van der Waals surface area contributed by atoms with Crippen molar-refractivity contribution in [2.24, 2.45) is 5.14 Å². The van der Waals surface area contributed by atoms with Gasteiger partial charge in [-0.25, -0.2) is 13.6 Å². The maximum Gasteiger partial charge on any atom is 0.238 e. The van der Waals surface area contributed by atoms with Crippen molar-refractivity contribution in [2.75, 3.05) is 7.11 Å². The van der Waals surface area contributed by atoms with E-state index >= 15 is 0 Å². The molecule has 7 heteroatoms. The number of hydrogen-bond donors (Lipinski definition) is 1. The molecule has 3 rings (SSSR count). The van der Waals surface area contributed by atoms with Gasteiger partial charge in [-0.1, -0.05) is 36.3 Å². The highest BCUT2D eigenvalue weighted by Crippen LogP contribution is 2.34. The SMILES string of the molecule is CC#Cn1cc(-c2ccc(OC)cc2)c(-c2ccccc2S(N)(=O)=O)n1. The molecular weight excluding hydrogens is 350 g/mol. The Labute approximate surface area is 152 Å². The van der Waals surface area contributed by atoms with Gasteiger partial charge in [-0.2, -0.15) is 9.78 Å². The van der Waals surface area contributed by atoms with Crippen molar-refractivity contribution in [1.82, 2.24) is 9.78 Å². The van der Waals surface area contributed by atoms with Crippen LogP contribution < -0.4 is 9.88 Å². The zero-order valence-electron chi connectivity index (χ0n) is 14.3. The lowest BCUT2D eigenvalue weighted by molar-refractivity contribution is 0.415. The summed E-state index contributed by atoms with van der Waals surface area (Å²) in [5.74, 6) is 3.50. The Hall–Kier alpha value is -3.08. The van der Waals surface area contributed by atoms with Gasteiger partial charge in [-0.05, 0) is 30.7 Å². The number of hydrogen-bond acceptors (Lipinski definition) is 4. The molecule has 0 spiro atoms. The average Bonchev–Trinajstić information content (AvgIpc) is 3.05. The van der Waals surface area contributed by atoms with Gasteiger partial charge in [-0.15, -0.1) is 0 Å². The third kappa shape index (κ3) is 3.47. The fraction of sp³-hybridized carbons (Fsp3) is 0.105. The van der Waals surface area contributed by atoms with Crippen molar-refractivity contribution < 1.29 is 13.2 Å². The van der Waals surface area contributed by atoms with Gasteiger partial charge < -0.3 is 4.74 Å². The topological polar surface area (TPSA) is 87.2 Å². The van der Waals surface area contributed by atoms with E-state index in [0.717, 1.165) is 16.9 Å². The van der Waals surface area contributed by atoms with E-state index in [2.05, 4.69) is 17.1 Å². The molecule has 0 aliphatic rings. The molecule has 2 N–H and O–H groups in total. The number of nitrogens with two attached hydrogens (primary N) is 1. The minimum atomic E-state index is -3.90. The second-order valence-electron chi connectivity index (χ2n) is 5.47. The first-order valence-corrected chi connectivity index (χ1v) is 9.27. The normalized spacial score (nSPS) is 10.9. The second-order valence-corrected chi connectivity index (χ2v) is 7.00. The molecule has 3 aromatic rings. The predicted octanol–water partition coefficient (Wildman–Crippen LogP) is 2.70. The van der Waals surface area contributed by atoms with Gasteiger partial charge in [0.05, 0.1) is 12.0 Å². The Morgan fingerprint density at radius 1 is 1.08 bits per heavy atom. The number of primary sulfonamides is 1. The van der Waals surface area contributed by atoms with E-state index in [1.54, 1.807) is 38.4 Å². The van der Waals surface area contributed by atoms with Crippen LogP contribution in [0.4, 0.5) is 0 Å². The molecule has 0 amide bonds. The van der Waals surface area contributed by atoms with E-state index in [-0.39, 0.29) is 4.90 Å². The van der Waals surface area contributed by atoms with Crippen LogP contribution in [0.5, 0.6) is 5.75 Å². The lowest BCUT2D eigenvalue weighted by Gasteiger charge is -2.08. The van der Waals surface area contributed by atoms with Crippen molar-refractivity contribution in [3.63, 3.8) is 0 Å². The van der Waals surface area contributed by atoms with Gasteiger partial charge in [-0.3, -0.25) is 0 Å². The van der Waals surface area contributed by atoms with Crippen molar-refractivity contribution in [2.45, 2.75) is 11.8 Å². The lowest BCUT2D eigenvalue weighted by atomic mass is 10.0. The molecule has 6 nitrogen and oxygen atoms in total. The van der Waals surface area contributed by atoms with Gasteiger partial charge in [0.1, 0.15) is 11.4 Å². The van der Waals surface area contributed by atoms with Crippen LogP contribution in [0.3, 0.4) is 0 Å². The van der Waals surface area contributed by atoms with Crippen molar-refractivity contribution in [1.29, 1.82) is 0 Å². The third-order valence-corrected chi connectivity index (χ3v) is 4.76. The summed E-state index contributed by atoms with van der Waals surface area (Å²) in [7, 11) is -2.30. The highest BCUT2D eigenvalue weighted by Gasteiger charge is 2.20. The maximum atomic E-state index is 12.0. The Morgan fingerprint density at radius 3 is 2.38 bits per heavy atom. The van der Waals surface area contributed by atoms with Crippen LogP contribution in [0.1, 0.15) is 6.92 Å². The summed E-state index contributed by atoms with van der Waals surface area (Å²) < 4.78 is 30.6. The molecule has 0 bridgehead atoms. The maximum absolute atomic E-state index is 12.0. The monoisotopic (exact) mass is 367 g/mol. The van der Waals surface area contributed by atoms with Gasteiger partial charge in [0.2, 0.25) is 10.0 Å². The molecule has 0 unspecified atom stereocenters. The lowest BCUT2D eigenvalue weighted by Crippen LogP contribution is -2.13. The van der Waals surface area contributed by atoms with Crippen LogP contribution in [0.15, 0.2) is 59.6 Å². The molecular formula is C19H17N3O3S. The van der Waals surface area contributed by atoms with Gasteiger partial charge in [0, 0.05) is 23.4 Å². The fourth-order valence-corrected chi connectivity index (χ4v) is 3.38.